The van der Waals surface area contributed by atoms with Gasteiger partial charge in [-0.15, -0.1) is 0 Å². The number of benzene rings is 1. The maximum absolute atomic E-state index is 13.4. The van der Waals surface area contributed by atoms with Gasteiger partial charge in [0, 0.05) is 26.4 Å². The van der Waals surface area contributed by atoms with Crippen molar-refractivity contribution in [3.05, 3.63) is 74.1 Å². The minimum atomic E-state index is -0.489. The van der Waals surface area contributed by atoms with Gasteiger partial charge < -0.3 is 14.4 Å². The molecule has 3 heterocycles. The number of aliphatic hydroxyl groups is 1. The first kappa shape index (κ1) is 21.8. The van der Waals surface area contributed by atoms with Crippen molar-refractivity contribution in [1.29, 1.82) is 0 Å². The van der Waals surface area contributed by atoms with Crippen molar-refractivity contribution < 1.29 is 9.84 Å². The molecule has 0 fully saturated rings. The van der Waals surface area contributed by atoms with Gasteiger partial charge in [0.1, 0.15) is 11.6 Å². The molecule has 3 aromatic heterocycles. The molecule has 10 heteroatoms. The second-order valence-corrected chi connectivity index (χ2v) is 7.67. The van der Waals surface area contributed by atoms with E-state index >= 15 is 0 Å². The Morgan fingerprint density at radius 1 is 1.12 bits per heavy atom. The molecule has 0 aliphatic carbocycles. The fourth-order valence-corrected chi connectivity index (χ4v) is 3.76. The lowest BCUT2D eigenvalue weighted by molar-refractivity contribution is 0.277. The van der Waals surface area contributed by atoms with Gasteiger partial charge >= 0.3 is 5.69 Å². The van der Waals surface area contributed by atoms with E-state index in [2.05, 4.69) is 9.97 Å². The van der Waals surface area contributed by atoms with Crippen LogP contribution in [0.3, 0.4) is 0 Å². The number of rotatable bonds is 7. The molecule has 4 rings (SSSR count). The zero-order valence-electron chi connectivity index (χ0n) is 17.7. The Labute approximate surface area is 188 Å². The zero-order valence-corrected chi connectivity index (χ0v) is 18.4. The molecule has 0 spiro atoms. The molecule has 9 nitrogen and oxygen atoms in total. The van der Waals surface area contributed by atoms with E-state index in [1.54, 1.807) is 36.9 Å². The standard InChI is InChI=1S/C22H22ClN5O4/c1-26-20-18(21(30)27(22(26)31)10-5-11-29)28(13-15-9-8-14(23)12-24-15)19(25-20)16-6-3-4-7-17(16)32-2/h3-4,6-9,12,29H,5,10-11,13H2,1-2H3. The van der Waals surface area contributed by atoms with Crippen molar-refractivity contribution in [2.75, 3.05) is 13.7 Å². The molecule has 4 aromatic rings. The number of halogens is 1. The van der Waals surface area contributed by atoms with Crippen LogP contribution in [0.2, 0.25) is 5.02 Å². The van der Waals surface area contributed by atoms with Crippen LogP contribution in [0.25, 0.3) is 22.6 Å². The summed E-state index contributed by atoms with van der Waals surface area (Å²) in [7, 11) is 3.13. The molecule has 0 unspecified atom stereocenters. The summed E-state index contributed by atoms with van der Waals surface area (Å²) < 4.78 is 9.72. The maximum Gasteiger partial charge on any atom is 0.332 e. The number of ether oxygens (including phenoxy) is 1. The lowest BCUT2D eigenvalue weighted by atomic mass is 10.2. The highest BCUT2D eigenvalue weighted by Crippen LogP contribution is 2.31. The number of hydrogen-bond acceptors (Lipinski definition) is 6. The number of aromatic nitrogens is 5. The van der Waals surface area contributed by atoms with E-state index < -0.39 is 11.2 Å². The number of para-hydroxylation sites is 1. The molecule has 32 heavy (non-hydrogen) atoms. The molecular weight excluding hydrogens is 434 g/mol. The first-order chi connectivity index (χ1) is 15.5. The molecule has 0 aliphatic rings. The molecule has 1 aromatic carbocycles. The van der Waals surface area contributed by atoms with E-state index in [9.17, 15) is 14.7 Å². The van der Waals surface area contributed by atoms with Gasteiger partial charge in [0.05, 0.1) is 29.9 Å². The van der Waals surface area contributed by atoms with Crippen molar-refractivity contribution in [2.45, 2.75) is 19.5 Å². The van der Waals surface area contributed by atoms with Gasteiger partial charge in [0.15, 0.2) is 11.2 Å². The average Bonchev–Trinajstić information content (AvgIpc) is 3.18. The SMILES string of the molecule is COc1ccccc1-c1nc2c(c(=O)n(CCCO)c(=O)n2C)n1Cc1ccc(Cl)cn1. The van der Waals surface area contributed by atoms with Crippen LogP contribution in [0.5, 0.6) is 5.75 Å². The molecule has 1 N–H and O–H groups in total. The normalized spacial score (nSPS) is 11.2. The summed E-state index contributed by atoms with van der Waals surface area (Å²) >= 11 is 5.98. The van der Waals surface area contributed by atoms with Gasteiger partial charge in [-0.25, -0.2) is 9.78 Å². The van der Waals surface area contributed by atoms with Gasteiger partial charge in [-0.1, -0.05) is 23.7 Å². The first-order valence-corrected chi connectivity index (χ1v) is 10.4. The fourth-order valence-electron chi connectivity index (χ4n) is 3.65. The van der Waals surface area contributed by atoms with Gasteiger partial charge in [-0.3, -0.25) is 18.9 Å². The molecule has 0 aliphatic heterocycles. The number of nitrogens with zero attached hydrogens (tertiary/aromatic N) is 5. The summed E-state index contributed by atoms with van der Waals surface area (Å²) in [5.74, 6) is 1.06. The number of pyridine rings is 1. The number of hydrogen-bond donors (Lipinski definition) is 1. The Balaban J connectivity index is 2.05. The summed E-state index contributed by atoms with van der Waals surface area (Å²) in [5.41, 5.74) is 0.905. The molecule has 166 valence electrons. The summed E-state index contributed by atoms with van der Waals surface area (Å²) in [6.45, 7) is 0.203. The molecule has 0 radical (unpaired) electrons. The second kappa shape index (κ2) is 8.97. The molecule has 0 saturated carbocycles. The van der Waals surface area contributed by atoms with E-state index in [-0.39, 0.29) is 37.3 Å². The molecule has 0 bridgehead atoms. The van der Waals surface area contributed by atoms with E-state index in [1.165, 1.54) is 10.8 Å². The predicted octanol–water partition coefficient (Wildman–Crippen LogP) is 2.05. The fraction of sp³-hybridized carbons (Fsp3) is 0.273. The largest absolute Gasteiger partial charge is 0.496 e. The van der Waals surface area contributed by atoms with E-state index in [1.807, 2.05) is 18.2 Å². The first-order valence-electron chi connectivity index (χ1n) is 10.0. The number of aliphatic hydroxyl groups excluding tert-OH is 1. The van der Waals surface area contributed by atoms with Crippen LogP contribution in [0.1, 0.15) is 12.1 Å². The highest BCUT2D eigenvalue weighted by atomic mass is 35.5. The monoisotopic (exact) mass is 455 g/mol. The quantitative estimate of drug-likeness (QED) is 0.457. The van der Waals surface area contributed by atoms with Crippen LogP contribution < -0.4 is 16.0 Å². The third kappa shape index (κ3) is 3.80. The summed E-state index contributed by atoms with van der Waals surface area (Å²) in [4.78, 5) is 35.3. The average molecular weight is 456 g/mol. The third-order valence-electron chi connectivity index (χ3n) is 5.23. The topological polar surface area (TPSA) is 104 Å². The Morgan fingerprint density at radius 3 is 2.59 bits per heavy atom. The lowest BCUT2D eigenvalue weighted by Crippen LogP contribution is -2.40. The Morgan fingerprint density at radius 2 is 1.91 bits per heavy atom. The molecule has 0 saturated heterocycles. The number of fused-ring (bicyclic) bond motifs is 1. The second-order valence-electron chi connectivity index (χ2n) is 7.24. The van der Waals surface area contributed by atoms with E-state index in [0.717, 1.165) is 4.57 Å². The Kier molecular flexibility index (Phi) is 6.11. The van der Waals surface area contributed by atoms with Crippen molar-refractivity contribution in [3.63, 3.8) is 0 Å². The zero-order chi connectivity index (χ0) is 22.8. The number of imidazole rings is 1. The third-order valence-corrected chi connectivity index (χ3v) is 5.45. The van der Waals surface area contributed by atoms with Crippen LogP contribution in [0, 0.1) is 0 Å². The van der Waals surface area contributed by atoms with Gasteiger partial charge in [0.25, 0.3) is 5.56 Å². The molecular formula is C22H22ClN5O4. The number of methoxy groups -OCH3 is 1. The number of aryl methyl sites for hydroxylation is 1. The smallest absolute Gasteiger partial charge is 0.332 e. The summed E-state index contributed by atoms with van der Waals surface area (Å²) in [6, 6.07) is 10.8. The predicted molar refractivity (Wildman–Crippen MR) is 121 cm³/mol. The Hall–Kier alpha value is -3.43. The van der Waals surface area contributed by atoms with Gasteiger partial charge in [-0.2, -0.15) is 0 Å². The lowest BCUT2D eigenvalue weighted by Gasteiger charge is -2.12. The molecule has 0 atom stereocenters. The van der Waals surface area contributed by atoms with Crippen molar-refractivity contribution in [3.8, 4) is 17.1 Å². The summed E-state index contributed by atoms with van der Waals surface area (Å²) in [6.07, 6.45) is 1.82. The van der Waals surface area contributed by atoms with Crippen molar-refractivity contribution >= 4 is 22.8 Å². The highest BCUT2D eigenvalue weighted by Gasteiger charge is 2.23. The summed E-state index contributed by atoms with van der Waals surface area (Å²) in [5, 5.41) is 9.70. The highest BCUT2D eigenvalue weighted by molar-refractivity contribution is 6.30. The van der Waals surface area contributed by atoms with Crippen LogP contribution >= 0.6 is 11.6 Å². The Bertz CT molecular complexity index is 1390. The van der Waals surface area contributed by atoms with Crippen molar-refractivity contribution in [2.24, 2.45) is 7.05 Å². The van der Waals surface area contributed by atoms with Gasteiger partial charge in [-0.05, 0) is 30.7 Å². The van der Waals surface area contributed by atoms with Crippen LogP contribution in [0.15, 0.2) is 52.2 Å². The van der Waals surface area contributed by atoms with E-state index in [4.69, 9.17) is 16.3 Å². The molecule has 0 amide bonds. The van der Waals surface area contributed by atoms with Crippen LogP contribution in [-0.4, -0.2) is 42.5 Å². The van der Waals surface area contributed by atoms with E-state index in [0.29, 0.717) is 27.9 Å². The van der Waals surface area contributed by atoms with Crippen LogP contribution in [0.4, 0.5) is 0 Å². The minimum absolute atomic E-state index is 0.103. The minimum Gasteiger partial charge on any atom is -0.496 e. The van der Waals surface area contributed by atoms with Crippen LogP contribution in [-0.2, 0) is 20.1 Å². The van der Waals surface area contributed by atoms with Crippen molar-refractivity contribution in [1.82, 2.24) is 23.7 Å². The van der Waals surface area contributed by atoms with Gasteiger partial charge in [0.2, 0.25) is 0 Å². The maximum atomic E-state index is 13.4.